The number of hydrogen-bond acceptors (Lipinski definition) is 5. The normalized spacial score (nSPS) is 11.9. The summed E-state index contributed by atoms with van der Waals surface area (Å²) >= 11 is 3.02. The Morgan fingerprint density at radius 3 is 2.44 bits per heavy atom. The number of nitrogens with zero attached hydrogens (tertiary/aromatic N) is 2. The molecule has 0 fully saturated rings. The number of carbonyl (C=O) groups is 2. The third-order valence-electron chi connectivity index (χ3n) is 3.48. The van der Waals surface area contributed by atoms with E-state index in [4.69, 9.17) is 10.8 Å². The Balaban J connectivity index is 2.54. The first kappa shape index (κ1) is 18.6. The summed E-state index contributed by atoms with van der Waals surface area (Å²) in [6.45, 7) is -0.616. The van der Waals surface area contributed by atoms with Gasteiger partial charge in [-0.05, 0) is 27.6 Å². The Morgan fingerprint density at radius 1 is 1.20 bits per heavy atom. The molecule has 1 atom stereocenters. The summed E-state index contributed by atoms with van der Waals surface area (Å²) in [4.78, 5) is 46.9. The van der Waals surface area contributed by atoms with Gasteiger partial charge < -0.3 is 15.9 Å². The monoisotopic (exact) mass is 411 g/mol. The van der Waals surface area contributed by atoms with E-state index in [1.54, 1.807) is 6.07 Å². The van der Waals surface area contributed by atoms with Crippen molar-refractivity contribution >= 4 is 27.9 Å². The molecule has 0 aliphatic rings. The van der Waals surface area contributed by atoms with Crippen LogP contribution in [0, 0.1) is 0 Å². The summed E-state index contributed by atoms with van der Waals surface area (Å²) in [7, 11) is 0. The van der Waals surface area contributed by atoms with Gasteiger partial charge in [0, 0.05) is 6.20 Å². The number of carboxylic acid groups (broad SMARTS) is 2. The van der Waals surface area contributed by atoms with Crippen LogP contribution >= 0.6 is 15.9 Å². The molecule has 0 unspecified atom stereocenters. The largest absolute Gasteiger partial charge is 0.480 e. The highest BCUT2D eigenvalue weighted by Gasteiger charge is 2.18. The quantitative estimate of drug-likeness (QED) is 0.602. The number of nitrogens with two attached hydrogens (primary N) is 1. The fourth-order valence-electron chi connectivity index (χ4n) is 2.22. The highest BCUT2D eigenvalue weighted by Crippen LogP contribution is 2.10. The third-order valence-corrected chi connectivity index (χ3v) is 4.03. The second-order valence-corrected chi connectivity index (χ2v) is 6.06. The van der Waals surface area contributed by atoms with Gasteiger partial charge in [0.05, 0.1) is 23.1 Å². The lowest BCUT2D eigenvalue weighted by atomic mass is 10.1. The molecule has 4 N–H and O–H groups in total. The molecule has 0 amide bonds. The smallest absolute Gasteiger partial charge is 0.336 e. The Morgan fingerprint density at radius 2 is 1.84 bits per heavy atom. The highest BCUT2D eigenvalue weighted by atomic mass is 79.9. The van der Waals surface area contributed by atoms with E-state index in [0.29, 0.717) is 0 Å². The van der Waals surface area contributed by atoms with Gasteiger partial charge in [0.2, 0.25) is 0 Å². The fraction of sp³-hybridized carbons (Fsp3) is 0.200. The number of aliphatic carboxylic acids is 1. The highest BCUT2D eigenvalue weighted by molar-refractivity contribution is 9.10. The number of halogens is 1. The molecule has 10 heteroatoms. The van der Waals surface area contributed by atoms with Gasteiger partial charge in [0.1, 0.15) is 6.04 Å². The maximum Gasteiger partial charge on any atom is 0.336 e. The molecule has 0 aliphatic heterocycles. The molecule has 1 aromatic heterocycles. The summed E-state index contributed by atoms with van der Waals surface area (Å²) in [5.74, 6) is -2.48. The van der Waals surface area contributed by atoms with Gasteiger partial charge in [-0.25, -0.2) is 9.59 Å². The maximum atomic E-state index is 12.5. The van der Waals surface area contributed by atoms with Crippen LogP contribution in [0.5, 0.6) is 0 Å². The van der Waals surface area contributed by atoms with Crippen molar-refractivity contribution in [3.8, 4) is 0 Å². The van der Waals surface area contributed by atoms with Gasteiger partial charge in [0.25, 0.3) is 5.56 Å². The molecule has 0 saturated carbocycles. The van der Waals surface area contributed by atoms with Crippen molar-refractivity contribution in [1.29, 1.82) is 0 Å². The zero-order valence-electron chi connectivity index (χ0n) is 12.8. The van der Waals surface area contributed by atoms with Crippen LogP contribution in [0.3, 0.4) is 0 Å². The fourth-order valence-corrected chi connectivity index (χ4v) is 2.68. The predicted octanol–water partition coefficient (Wildman–Crippen LogP) is -0.0691. The lowest BCUT2D eigenvalue weighted by Gasteiger charge is -2.14. The average molecular weight is 412 g/mol. The van der Waals surface area contributed by atoms with Gasteiger partial charge in [-0.15, -0.1) is 0 Å². The van der Waals surface area contributed by atoms with E-state index in [2.05, 4.69) is 15.9 Å². The van der Waals surface area contributed by atoms with Crippen molar-refractivity contribution in [3.05, 3.63) is 66.9 Å². The van der Waals surface area contributed by atoms with Crippen LogP contribution in [0.2, 0.25) is 0 Å². The van der Waals surface area contributed by atoms with Crippen molar-refractivity contribution in [1.82, 2.24) is 9.13 Å². The topological polar surface area (TPSA) is 145 Å². The van der Waals surface area contributed by atoms with E-state index in [1.807, 2.05) is 0 Å². The van der Waals surface area contributed by atoms with E-state index in [0.717, 1.165) is 15.3 Å². The zero-order chi connectivity index (χ0) is 18.7. The SMILES string of the molecule is N[C@@H](Cn1cc(Br)c(=O)n(Cc2ccccc2C(=O)O)c1=O)C(=O)O. The average Bonchev–Trinajstić information content (AvgIpc) is 2.56. The van der Waals surface area contributed by atoms with Crippen LogP contribution in [0.1, 0.15) is 15.9 Å². The molecular weight excluding hydrogens is 398 g/mol. The van der Waals surface area contributed by atoms with Crippen molar-refractivity contribution < 1.29 is 19.8 Å². The molecule has 132 valence electrons. The molecule has 0 saturated heterocycles. The summed E-state index contributed by atoms with van der Waals surface area (Å²) < 4.78 is 1.84. The minimum Gasteiger partial charge on any atom is -0.480 e. The second-order valence-electron chi connectivity index (χ2n) is 5.21. The molecule has 0 bridgehead atoms. The van der Waals surface area contributed by atoms with E-state index >= 15 is 0 Å². The first-order valence-electron chi connectivity index (χ1n) is 7.01. The van der Waals surface area contributed by atoms with Crippen LogP contribution in [0.15, 0.2) is 44.5 Å². The molecule has 0 radical (unpaired) electrons. The van der Waals surface area contributed by atoms with E-state index < -0.39 is 29.2 Å². The zero-order valence-corrected chi connectivity index (χ0v) is 14.3. The van der Waals surface area contributed by atoms with Gasteiger partial charge in [0.15, 0.2) is 0 Å². The van der Waals surface area contributed by atoms with E-state index in [9.17, 15) is 24.3 Å². The minimum atomic E-state index is -1.33. The lowest BCUT2D eigenvalue weighted by Crippen LogP contribution is -2.44. The summed E-state index contributed by atoms with van der Waals surface area (Å²) in [6.07, 6.45) is 1.16. The predicted molar refractivity (Wildman–Crippen MR) is 90.8 cm³/mol. The van der Waals surface area contributed by atoms with E-state index in [-0.39, 0.29) is 28.7 Å². The summed E-state index contributed by atoms with van der Waals surface area (Å²) in [5, 5.41) is 18.1. The molecule has 25 heavy (non-hydrogen) atoms. The van der Waals surface area contributed by atoms with Gasteiger partial charge in [-0.3, -0.25) is 18.7 Å². The number of carboxylic acids is 2. The van der Waals surface area contributed by atoms with Crippen molar-refractivity contribution in [2.75, 3.05) is 0 Å². The lowest BCUT2D eigenvalue weighted by molar-refractivity contribution is -0.138. The van der Waals surface area contributed by atoms with Crippen molar-refractivity contribution in [2.24, 2.45) is 5.73 Å². The first-order chi connectivity index (χ1) is 11.7. The van der Waals surface area contributed by atoms with E-state index in [1.165, 1.54) is 18.2 Å². The van der Waals surface area contributed by atoms with Crippen LogP contribution in [-0.2, 0) is 17.9 Å². The standard InChI is InChI=1S/C15H14BrN3O6/c16-10-6-18(7-11(17)14(23)24)15(25)19(12(10)20)5-8-3-1-2-4-9(8)13(21)22/h1-4,6,11H,5,7,17H2,(H,21,22)(H,23,24)/t11-/m0/s1. The minimum absolute atomic E-state index is 0.0255. The summed E-state index contributed by atoms with van der Waals surface area (Å²) in [6, 6.07) is 4.63. The molecule has 2 rings (SSSR count). The Kier molecular flexibility index (Phi) is 5.55. The second kappa shape index (κ2) is 7.45. The van der Waals surface area contributed by atoms with Crippen LogP contribution in [-0.4, -0.2) is 37.3 Å². The molecule has 0 spiro atoms. The third kappa shape index (κ3) is 4.03. The number of hydrogen-bond donors (Lipinski definition) is 3. The van der Waals surface area contributed by atoms with Crippen molar-refractivity contribution in [2.45, 2.75) is 19.1 Å². The molecule has 2 aromatic rings. The van der Waals surface area contributed by atoms with Gasteiger partial charge in [-0.2, -0.15) is 0 Å². The van der Waals surface area contributed by atoms with Crippen LogP contribution in [0.4, 0.5) is 0 Å². The first-order valence-corrected chi connectivity index (χ1v) is 7.81. The Hall–Kier alpha value is -2.72. The molecule has 0 aliphatic carbocycles. The number of aromatic carboxylic acids is 1. The Labute approximate surface area is 149 Å². The van der Waals surface area contributed by atoms with Gasteiger partial charge >= 0.3 is 17.6 Å². The summed E-state index contributed by atoms with van der Waals surface area (Å²) in [5.41, 5.74) is 4.21. The molecule has 9 nitrogen and oxygen atoms in total. The van der Waals surface area contributed by atoms with Crippen molar-refractivity contribution in [3.63, 3.8) is 0 Å². The van der Waals surface area contributed by atoms with Crippen LogP contribution in [0.25, 0.3) is 0 Å². The number of benzene rings is 1. The van der Waals surface area contributed by atoms with Gasteiger partial charge in [-0.1, -0.05) is 18.2 Å². The molecular formula is C15H14BrN3O6. The number of rotatable bonds is 6. The Bertz CT molecular complexity index is 949. The molecule has 1 aromatic carbocycles. The number of aromatic nitrogens is 2. The maximum absolute atomic E-state index is 12.5. The van der Waals surface area contributed by atoms with Crippen LogP contribution < -0.4 is 17.0 Å². The molecule has 1 heterocycles.